The summed E-state index contributed by atoms with van der Waals surface area (Å²) in [5.74, 6) is 0.514. The van der Waals surface area contributed by atoms with Gasteiger partial charge >= 0.3 is 0 Å². The summed E-state index contributed by atoms with van der Waals surface area (Å²) in [4.78, 5) is 14.2. The molecule has 0 saturated carbocycles. The smallest absolute Gasteiger partial charge is 0.223 e. The number of nitrogens with one attached hydrogen (secondary N) is 1. The highest BCUT2D eigenvalue weighted by atomic mass is 16.5. The molecule has 3 atom stereocenters. The lowest BCUT2D eigenvalue weighted by Gasteiger charge is -2.29. The quantitative estimate of drug-likeness (QED) is 0.909. The fourth-order valence-electron chi connectivity index (χ4n) is 4.00. The summed E-state index contributed by atoms with van der Waals surface area (Å²) in [6.07, 6.45) is 2.88. The molecule has 6 nitrogen and oxygen atoms in total. The average Bonchev–Trinajstić information content (AvgIpc) is 2.95. The monoisotopic (exact) mass is 320 g/mol. The van der Waals surface area contributed by atoms with Crippen LogP contribution in [0.25, 0.3) is 0 Å². The van der Waals surface area contributed by atoms with Gasteiger partial charge in [-0.05, 0) is 26.7 Å². The van der Waals surface area contributed by atoms with E-state index in [1.807, 2.05) is 30.6 Å². The first-order valence-corrected chi connectivity index (χ1v) is 8.56. The number of carbonyl (C=O) groups is 1. The molecule has 1 aromatic rings. The van der Waals surface area contributed by atoms with E-state index in [2.05, 4.69) is 17.3 Å². The summed E-state index contributed by atoms with van der Waals surface area (Å²) in [5.41, 5.74) is 3.40. The number of amides is 1. The first-order chi connectivity index (χ1) is 11.0. The summed E-state index contributed by atoms with van der Waals surface area (Å²) in [6.45, 7) is 6.64. The predicted molar refractivity (Wildman–Crippen MR) is 88.1 cm³/mol. The Labute approximate surface area is 138 Å². The molecular formula is C17H28N4O2. The molecule has 2 saturated heterocycles. The first-order valence-electron chi connectivity index (χ1n) is 8.56. The maximum absolute atomic E-state index is 12.3. The Kier molecular flexibility index (Phi) is 4.73. The van der Waals surface area contributed by atoms with Gasteiger partial charge in [0, 0.05) is 56.9 Å². The zero-order valence-electron chi connectivity index (χ0n) is 14.6. The third-order valence-electron chi connectivity index (χ3n) is 5.38. The van der Waals surface area contributed by atoms with E-state index in [9.17, 15) is 4.79 Å². The van der Waals surface area contributed by atoms with Crippen molar-refractivity contribution in [2.75, 3.05) is 26.8 Å². The van der Waals surface area contributed by atoms with Crippen LogP contribution in [-0.2, 0) is 16.6 Å². The van der Waals surface area contributed by atoms with Gasteiger partial charge in [-0.25, -0.2) is 0 Å². The standard InChI is InChI=1S/C17H28N4O2/c1-11-16(12(2)21(4)19-11)17-13(8-15(22)20(17)3)9-18-14-6-5-7-23-10-14/h13-14,17-18H,5-10H2,1-4H3/t13-,14?,17+/m0/s1. The zero-order valence-corrected chi connectivity index (χ0v) is 14.6. The van der Waals surface area contributed by atoms with Crippen molar-refractivity contribution in [3.63, 3.8) is 0 Å². The van der Waals surface area contributed by atoms with Gasteiger partial charge in [0.15, 0.2) is 0 Å². The maximum Gasteiger partial charge on any atom is 0.223 e. The number of ether oxygens (including phenoxy) is 1. The molecule has 1 amide bonds. The van der Waals surface area contributed by atoms with Crippen molar-refractivity contribution in [3.05, 3.63) is 17.0 Å². The van der Waals surface area contributed by atoms with E-state index in [0.717, 1.165) is 44.0 Å². The Morgan fingerprint density at radius 2 is 2.13 bits per heavy atom. The zero-order chi connectivity index (χ0) is 16.6. The summed E-state index contributed by atoms with van der Waals surface area (Å²) >= 11 is 0. The van der Waals surface area contributed by atoms with Crippen LogP contribution in [0.4, 0.5) is 0 Å². The molecule has 23 heavy (non-hydrogen) atoms. The minimum atomic E-state index is 0.119. The number of rotatable bonds is 4. The molecule has 0 spiro atoms. The maximum atomic E-state index is 12.3. The van der Waals surface area contributed by atoms with E-state index in [0.29, 0.717) is 12.5 Å². The fourth-order valence-corrected chi connectivity index (χ4v) is 4.00. The van der Waals surface area contributed by atoms with Crippen LogP contribution in [0.15, 0.2) is 0 Å². The lowest BCUT2D eigenvalue weighted by molar-refractivity contribution is -0.127. The largest absolute Gasteiger partial charge is 0.380 e. The second-order valence-electron chi connectivity index (χ2n) is 6.94. The molecule has 2 aliphatic heterocycles. The Morgan fingerprint density at radius 1 is 1.35 bits per heavy atom. The molecule has 1 unspecified atom stereocenters. The van der Waals surface area contributed by atoms with Crippen LogP contribution in [0, 0.1) is 19.8 Å². The number of nitrogens with zero attached hydrogens (tertiary/aromatic N) is 3. The first kappa shape index (κ1) is 16.5. The van der Waals surface area contributed by atoms with Gasteiger partial charge < -0.3 is 15.0 Å². The molecular weight excluding hydrogens is 292 g/mol. The van der Waals surface area contributed by atoms with E-state index >= 15 is 0 Å². The van der Waals surface area contributed by atoms with Gasteiger partial charge in [-0.15, -0.1) is 0 Å². The summed E-state index contributed by atoms with van der Waals surface area (Å²) in [6, 6.07) is 0.537. The van der Waals surface area contributed by atoms with Crippen molar-refractivity contribution in [2.24, 2.45) is 13.0 Å². The SMILES string of the molecule is Cc1nn(C)c(C)c1[C@H]1[C@H](CNC2CCCOC2)CC(=O)N1C. The van der Waals surface area contributed by atoms with Crippen LogP contribution in [0.1, 0.15) is 42.3 Å². The van der Waals surface area contributed by atoms with Gasteiger partial charge in [-0.1, -0.05) is 0 Å². The van der Waals surface area contributed by atoms with Crippen LogP contribution in [0.2, 0.25) is 0 Å². The number of hydrogen-bond donors (Lipinski definition) is 1. The van der Waals surface area contributed by atoms with Gasteiger partial charge in [0.1, 0.15) is 0 Å². The molecule has 3 heterocycles. The summed E-state index contributed by atoms with van der Waals surface area (Å²) < 4.78 is 7.46. The third-order valence-corrected chi connectivity index (χ3v) is 5.38. The minimum absolute atomic E-state index is 0.119. The second-order valence-corrected chi connectivity index (χ2v) is 6.94. The molecule has 2 fully saturated rings. The predicted octanol–water partition coefficient (Wildman–Crippen LogP) is 1.32. The number of aryl methyl sites for hydroxylation is 2. The summed E-state index contributed by atoms with van der Waals surface area (Å²) in [7, 11) is 3.89. The van der Waals surface area contributed by atoms with Crippen molar-refractivity contribution >= 4 is 5.91 Å². The van der Waals surface area contributed by atoms with Crippen molar-refractivity contribution in [3.8, 4) is 0 Å². The van der Waals surface area contributed by atoms with E-state index in [1.54, 1.807) is 0 Å². The number of carbonyl (C=O) groups excluding carboxylic acids is 1. The van der Waals surface area contributed by atoms with Gasteiger partial charge in [0.05, 0.1) is 18.3 Å². The average molecular weight is 320 g/mol. The molecule has 2 aliphatic rings. The highest BCUT2D eigenvalue weighted by molar-refractivity contribution is 5.79. The Bertz CT molecular complexity index is 577. The molecule has 0 aliphatic carbocycles. The molecule has 128 valence electrons. The number of aromatic nitrogens is 2. The molecule has 1 aromatic heterocycles. The highest BCUT2D eigenvalue weighted by Gasteiger charge is 2.41. The van der Waals surface area contributed by atoms with E-state index in [-0.39, 0.29) is 17.9 Å². The van der Waals surface area contributed by atoms with E-state index in [4.69, 9.17) is 4.74 Å². The van der Waals surface area contributed by atoms with Crippen LogP contribution in [0.5, 0.6) is 0 Å². The van der Waals surface area contributed by atoms with Gasteiger partial charge in [-0.2, -0.15) is 5.10 Å². The van der Waals surface area contributed by atoms with Crippen molar-refractivity contribution in [2.45, 2.75) is 45.2 Å². The van der Waals surface area contributed by atoms with Gasteiger partial charge in [0.2, 0.25) is 5.91 Å². The minimum Gasteiger partial charge on any atom is -0.380 e. The molecule has 0 radical (unpaired) electrons. The number of likely N-dealkylation sites (tertiary alicyclic amines) is 1. The molecule has 0 aromatic carbocycles. The van der Waals surface area contributed by atoms with E-state index < -0.39 is 0 Å². The fraction of sp³-hybridized carbons (Fsp3) is 0.765. The molecule has 3 rings (SSSR count). The van der Waals surface area contributed by atoms with E-state index in [1.165, 1.54) is 5.56 Å². The van der Waals surface area contributed by atoms with Gasteiger partial charge in [-0.3, -0.25) is 9.48 Å². The van der Waals surface area contributed by atoms with Crippen molar-refractivity contribution < 1.29 is 9.53 Å². The van der Waals surface area contributed by atoms with Crippen LogP contribution >= 0.6 is 0 Å². The summed E-state index contributed by atoms with van der Waals surface area (Å²) in [5, 5.41) is 8.16. The molecule has 1 N–H and O–H groups in total. The molecule has 0 bridgehead atoms. The third kappa shape index (κ3) is 3.15. The highest BCUT2D eigenvalue weighted by Crippen LogP contribution is 2.39. The lowest BCUT2D eigenvalue weighted by Crippen LogP contribution is -2.40. The van der Waals surface area contributed by atoms with Crippen LogP contribution < -0.4 is 5.32 Å². The van der Waals surface area contributed by atoms with Gasteiger partial charge in [0.25, 0.3) is 0 Å². The second kappa shape index (κ2) is 6.61. The van der Waals surface area contributed by atoms with Crippen molar-refractivity contribution in [1.29, 1.82) is 0 Å². The topological polar surface area (TPSA) is 59.4 Å². The van der Waals surface area contributed by atoms with Crippen LogP contribution in [-0.4, -0.2) is 53.4 Å². The Morgan fingerprint density at radius 3 is 2.74 bits per heavy atom. The number of hydrogen-bond acceptors (Lipinski definition) is 4. The normalized spacial score (nSPS) is 28.6. The van der Waals surface area contributed by atoms with Crippen molar-refractivity contribution in [1.82, 2.24) is 20.0 Å². The Hall–Kier alpha value is -1.40. The van der Waals surface area contributed by atoms with Crippen LogP contribution in [0.3, 0.4) is 0 Å². The lowest BCUT2D eigenvalue weighted by atomic mass is 9.92. The Balaban J connectivity index is 1.76. The molecule has 6 heteroatoms.